The van der Waals surface area contributed by atoms with Gasteiger partial charge in [0.05, 0.1) is 18.3 Å². The molecule has 3 N–H and O–H groups in total. The van der Waals surface area contributed by atoms with Crippen molar-refractivity contribution in [1.82, 2.24) is 0 Å². The number of fused-ring (bicyclic) bond motifs is 2. The molecule has 0 saturated heterocycles. The molecule has 0 fully saturated rings. The van der Waals surface area contributed by atoms with Crippen LogP contribution in [-0.2, 0) is 38.1 Å². The van der Waals surface area contributed by atoms with Gasteiger partial charge in [-0.15, -0.1) is 0 Å². The molecule has 6 atom stereocenters. The minimum atomic E-state index is -1.39. The summed E-state index contributed by atoms with van der Waals surface area (Å²) in [4.78, 5) is 48.0. The smallest absolute Gasteiger partial charge is 0.307 e. The van der Waals surface area contributed by atoms with Gasteiger partial charge < -0.3 is 34.3 Å². The lowest BCUT2D eigenvalue weighted by Crippen LogP contribution is -2.48. The normalized spacial score (nSPS) is 32.5. The van der Waals surface area contributed by atoms with Gasteiger partial charge in [0.25, 0.3) is 0 Å². The topological polar surface area (TPSA) is 166 Å². The van der Waals surface area contributed by atoms with Gasteiger partial charge in [0.2, 0.25) is 0 Å². The molecular weight excluding hydrogens is 512 g/mol. The highest BCUT2D eigenvalue weighted by Crippen LogP contribution is 2.51. The Labute approximate surface area is 228 Å². The molecule has 2 aliphatic rings. The lowest BCUT2D eigenvalue weighted by Gasteiger charge is -2.48. The molecule has 39 heavy (non-hydrogen) atoms. The monoisotopic (exact) mass is 552 g/mol. The maximum Gasteiger partial charge on any atom is 0.307 e. The summed E-state index contributed by atoms with van der Waals surface area (Å²) in [6.07, 6.45) is -4.89. The molecule has 0 radical (unpaired) electrons. The van der Waals surface area contributed by atoms with Gasteiger partial charge in [-0.25, -0.2) is 0 Å². The number of aliphatic hydroxyl groups excluding tert-OH is 3. The third kappa shape index (κ3) is 7.77. The zero-order chi connectivity index (χ0) is 29.8. The molecule has 2 rings (SSSR count). The molecule has 0 amide bonds. The van der Waals surface area contributed by atoms with Gasteiger partial charge in [-0.1, -0.05) is 19.9 Å². The Morgan fingerprint density at radius 1 is 0.846 bits per heavy atom. The molecular formula is C28H40O11. The molecule has 2 bridgehead atoms. The highest BCUT2D eigenvalue weighted by molar-refractivity contribution is 5.70. The minimum Gasteiger partial charge on any atom is -0.461 e. The van der Waals surface area contributed by atoms with Crippen molar-refractivity contribution in [3.05, 3.63) is 34.1 Å². The number of esters is 4. The molecule has 0 unspecified atom stereocenters. The van der Waals surface area contributed by atoms with Crippen molar-refractivity contribution >= 4 is 23.9 Å². The Morgan fingerprint density at radius 3 is 1.95 bits per heavy atom. The summed E-state index contributed by atoms with van der Waals surface area (Å²) in [6.45, 7) is 11.3. The predicted molar refractivity (Wildman–Crippen MR) is 138 cm³/mol. The Bertz CT molecular complexity index is 1080. The third-order valence-corrected chi connectivity index (χ3v) is 7.35. The van der Waals surface area contributed by atoms with Crippen molar-refractivity contribution in [2.45, 2.75) is 98.8 Å². The third-order valence-electron chi connectivity index (χ3n) is 7.35. The molecule has 218 valence electrons. The first kappa shape index (κ1) is 32.2. The quantitative estimate of drug-likeness (QED) is 0.259. The van der Waals surface area contributed by atoms with Crippen LogP contribution in [0.4, 0.5) is 0 Å². The molecule has 11 nitrogen and oxygen atoms in total. The second kappa shape index (κ2) is 12.9. The molecule has 0 saturated carbocycles. The van der Waals surface area contributed by atoms with Crippen molar-refractivity contribution in [3.8, 4) is 0 Å². The largest absolute Gasteiger partial charge is 0.461 e. The van der Waals surface area contributed by atoms with E-state index in [-0.39, 0.29) is 36.4 Å². The summed E-state index contributed by atoms with van der Waals surface area (Å²) in [6, 6.07) is 0. The SMILES string of the molecule is CC(=O)OC/C1=C/[C@H](O)[C@@H]2C[C@H](OC(C)=O)C(C)=C([C@@H](OC(C)=O)/C(OC(C)=O)=C(/C)[C@H](O)C[C@@H]1O)C2(C)C. The number of ether oxygens (including phenoxy) is 4. The first-order valence-electron chi connectivity index (χ1n) is 12.8. The fourth-order valence-corrected chi connectivity index (χ4v) is 5.42. The van der Waals surface area contributed by atoms with E-state index in [4.69, 9.17) is 18.9 Å². The molecule has 0 aromatic rings. The molecule has 0 aromatic heterocycles. The first-order valence-corrected chi connectivity index (χ1v) is 12.8. The van der Waals surface area contributed by atoms with Crippen molar-refractivity contribution in [3.63, 3.8) is 0 Å². The van der Waals surface area contributed by atoms with Crippen LogP contribution in [0.2, 0.25) is 0 Å². The van der Waals surface area contributed by atoms with E-state index in [1.54, 1.807) is 20.8 Å². The molecule has 0 aromatic carbocycles. The number of carbonyl (C=O) groups is 4. The Kier molecular flexibility index (Phi) is 10.6. The van der Waals surface area contributed by atoms with E-state index in [0.717, 1.165) is 6.92 Å². The predicted octanol–water partition coefficient (Wildman–Crippen LogP) is 2.03. The zero-order valence-electron chi connectivity index (χ0n) is 23.8. The zero-order valence-corrected chi connectivity index (χ0v) is 23.8. The Balaban J connectivity index is 2.95. The van der Waals surface area contributed by atoms with Gasteiger partial charge in [-0.3, -0.25) is 19.2 Å². The number of carbonyl (C=O) groups excluding carboxylic acids is 4. The van der Waals surface area contributed by atoms with Gasteiger partial charge in [-0.05, 0) is 48.0 Å². The number of aliphatic hydroxyl groups is 3. The standard InChI is InChI=1S/C28H40O11/c1-13-21(33)11-22(34)19(12-36-15(3)29)9-23(35)20-10-24(37-16(4)30)14(2)25(28(20,7)8)27(39-18(6)32)26(13)38-17(5)31/h9,20-24,27,33-35H,10-12H2,1-8H3/b19-9-,26-13+/t20-,21+,22-,23-,24-,27+/m0/s1. The van der Waals surface area contributed by atoms with Gasteiger partial charge in [0, 0.05) is 40.0 Å². The van der Waals surface area contributed by atoms with Crippen LogP contribution in [-0.4, -0.2) is 76.3 Å². The fourth-order valence-electron chi connectivity index (χ4n) is 5.42. The van der Waals surface area contributed by atoms with Crippen LogP contribution in [0.5, 0.6) is 0 Å². The summed E-state index contributed by atoms with van der Waals surface area (Å²) in [5.41, 5.74) is 0.273. The lowest BCUT2D eigenvalue weighted by atomic mass is 9.60. The summed E-state index contributed by atoms with van der Waals surface area (Å²) in [7, 11) is 0. The maximum atomic E-state index is 12.3. The number of rotatable bonds is 5. The molecule has 11 heteroatoms. The average Bonchev–Trinajstić information content (AvgIpc) is 2.79. The van der Waals surface area contributed by atoms with E-state index in [1.807, 2.05) is 0 Å². The molecule has 0 aliphatic heterocycles. The Morgan fingerprint density at radius 2 is 1.44 bits per heavy atom. The van der Waals surface area contributed by atoms with Gasteiger partial charge >= 0.3 is 23.9 Å². The lowest BCUT2D eigenvalue weighted by molar-refractivity contribution is -0.151. The second-order valence-electron chi connectivity index (χ2n) is 10.7. The molecule has 2 aliphatic carbocycles. The van der Waals surface area contributed by atoms with Gasteiger partial charge in [0.1, 0.15) is 12.7 Å². The Hall–Kier alpha value is -3.02. The van der Waals surface area contributed by atoms with Crippen LogP contribution in [0.1, 0.15) is 68.2 Å². The number of hydrogen-bond donors (Lipinski definition) is 3. The summed E-state index contributed by atoms with van der Waals surface area (Å²) >= 11 is 0. The van der Waals surface area contributed by atoms with Gasteiger partial charge in [-0.2, -0.15) is 0 Å². The van der Waals surface area contributed by atoms with Crippen LogP contribution in [0.15, 0.2) is 34.1 Å². The van der Waals surface area contributed by atoms with E-state index in [2.05, 4.69) is 0 Å². The van der Waals surface area contributed by atoms with E-state index in [1.165, 1.54) is 33.8 Å². The highest BCUT2D eigenvalue weighted by Gasteiger charge is 2.50. The van der Waals surface area contributed by atoms with Crippen molar-refractivity contribution in [2.24, 2.45) is 11.3 Å². The minimum absolute atomic E-state index is 0.116. The number of hydrogen-bond acceptors (Lipinski definition) is 11. The second-order valence-corrected chi connectivity index (χ2v) is 10.7. The summed E-state index contributed by atoms with van der Waals surface area (Å²) < 4.78 is 21.9. The van der Waals surface area contributed by atoms with E-state index < -0.39 is 65.7 Å². The van der Waals surface area contributed by atoms with Crippen LogP contribution < -0.4 is 0 Å². The van der Waals surface area contributed by atoms with Crippen molar-refractivity contribution in [2.75, 3.05) is 6.61 Å². The average molecular weight is 553 g/mol. The maximum absolute atomic E-state index is 12.3. The molecule has 0 spiro atoms. The van der Waals surface area contributed by atoms with Crippen molar-refractivity contribution in [1.29, 1.82) is 0 Å². The van der Waals surface area contributed by atoms with E-state index >= 15 is 0 Å². The fraction of sp³-hybridized carbons (Fsp3) is 0.643. The van der Waals surface area contributed by atoms with Crippen LogP contribution in [0.25, 0.3) is 0 Å². The van der Waals surface area contributed by atoms with Gasteiger partial charge in [0.15, 0.2) is 11.9 Å². The molecule has 0 heterocycles. The van der Waals surface area contributed by atoms with E-state index in [9.17, 15) is 34.5 Å². The van der Waals surface area contributed by atoms with Crippen LogP contribution in [0, 0.1) is 11.3 Å². The first-order chi connectivity index (χ1) is 18.0. The van der Waals surface area contributed by atoms with Crippen molar-refractivity contribution < 1.29 is 53.4 Å². The highest BCUT2D eigenvalue weighted by atomic mass is 16.6. The van der Waals surface area contributed by atoms with Crippen LogP contribution in [0.3, 0.4) is 0 Å². The van der Waals surface area contributed by atoms with E-state index in [0.29, 0.717) is 11.1 Å². The summed E-state index contributed by atoms with van der Waals surface area (Å²) in [5.74, 6) is -3.43. The summed E-state index contributed by atoms with van der Waals surface area (Å²) in [5, 5.41) is 33.6. The van der Waals surface area contributed by atoms with Crippen LogP contribution >= 0.6 is 0 Å².